The smallest absolute Gasteiger partial charge is 0.261 e. The Kier molecular flexibility index (Phi) is 6.15. The summed E-state index contributed by atoms with van der Waals surface area (Å²) >= 11 is 1.50. The van der Waals surface area contributed by atoms with E-state index in [9.17, 15) is 9.59 Å². The van der Waals surface area contributed by atoms with Gasteiger partial charge in [-0.15, -0.1) is 11.3 Å². The van der Waals surface area contributed by atoms with Crippen LogP contribution in [0, 0.1) is 6.92 Å². The van der Waals surface area contributed by atoms with Crippen molar-refractivity contribution in [3.05, 3.63) is 52.2 Å². The van der Waals surface area contributed by atoms with Gasteiger partial charge in [0.2, 0.25) is 5.95 Å². The minimum absolute atomic E-state index is 0.0817. The molecule has 8 nitrogen and oxygen atoms in total. The normalized spacial score (nSPS) is 16.1. The van der Waals surface area contributed by atoms with Gasteiger partial charge < -0.3 is 20.7 Å². The average Bonchev–Trinajstić information content (AvgIpc) is 3.38. The number of aromatic nitrogens is 2. The number of hydrogen-bond acceptors (Lipinski definition) is 7. The molecule has 2 aromatic heterocycles. The number of aryl methyl sites for hydroxylation is 1. The number of fused-ring (bicyclic) bond motifs is 1. The third-order valence-corrected chi connectivity index (χ3v) is 6.73. The van der Waals surface area contributed by atoms with Crippen molar-refractivity contribution in [2.24, 2.45) is 0 Å². The number of benzene rings is 1. The molecule has 0 saturated carbocycles. The van der Waals surface area contributed by atoms with E-state index >= 15 is 0 Å². The maximum atomic E-state index is 13.1. The lowest BCUT2D eigenvalue weighted by Gasteiger charge is -2.18. The Bertz CT molecular complexity index is 1130. The van der Waals surface area contributed by atoms with Crippen LogP contribution in [0.3, 0.4) is 0 Å². The predicted molar refractivity (Wildman–Crippen MR) is 120 cm³/mol. The summed E-state index contributed by atoms with van der Waals surface area (Å²) in [4.78, 5) is 36.6. The molecule has 1 atom stereocenters. The molecule has 0 radical (unpaired) electrons. The number of rotatable bonds is 6. The van der Waals surface area contributed by atoms with Gasteiger partial charge in [-0.2, -0.15) is 0 Å². The quantitative estimate of drug-likeness (QED) is 0.571. The van der Waals surface area contributed by atoms with Gasteiger partial charge in [0, 0.05) is 43.6 Å². The van der Waals surface area contributed by atoms with Crippen LogP contribution in [-0.2, 0) is 4.74 Å². The number of amides is 2. The molecule has 0 spiro atoms. The van der Waals surface area contributed by atoms with Crippen LogP contribution in [0.4, 0.5) is 5.95 Å². The molecule has 3 heterocycles. The third-order valence-electron chi connectivity index (χ3n) is 5.54. The fraction of sp³-hybridized carbons (Fsp3) is 0.364. The number of likely N-dealkylation sites (tertiary alicyclic amines) is 1. The highest BCUT2D eigenvalue weighted by Crippen LogP contribution is 2.40. The van der Waals surface area contributed by atoms with Crippen LogP contribution in [0.15, 0.2) is 30.5 Å². The van der Waals surface area contributed by atoms with Crippen molar-refractivity contribution in [3.63, 3.8) is 0 Å². The molecular weight excluding hydrogens is 414 g/mol. The van der Waals surface area contributed by atoms with E-state index in [0.29, 0.717) is 42.4 Å². The van der Waals surface area contributed by atoms with Crippen LogP contribution in [0.1, 0.15) is 43.6 Å². The molecule has 3 N–H and O–H groups in total. The number of nitrogens with zero attached hydrogens (tertiary/aromatic N) is 3. The lowest BCUT2D eigenvalue weighted by molar-refractivity contribution is 0.0789. The second kappa shape index (κ2) is 8.99. The predicted octanol–water partition coefficient (Wildman–Crippen LogP) is 2.59. The summed E-state index contributed by atoms with van der Waals surface area (Å²) in [5.74, 6) is 0.0342. The molecule has 1 saturated heterocycles. The maximum absolute atomic E-state index is 13.1. The Hall–Kier alpha value is -3.04. The fourth-order valence-electron chi connectivity index (χ4n) is 4.03. The number of nitrogen functional groups attached to an aromatic ring is 1. The maximum Gasteiger partial charge on any atom is 0.261 e. The second-order valence-corrected chi connectivity index (χ2v) is 8.61. The number of hydrogen-bond donors (Lipinski definition) is 2. The van der Waals surface area contributed by atoms with Gasteiger partial charge in [-0.25, -0.2) is 9.97 Å². The molecule has 1 aliphatic rings. The first-order chi connectivity index (χ1) is 15.0. The van der Waals surface area contributed by atoms with Crippen molar-refractivity contribution in [1.82, 2.24) is 20.2 Å². The summed E-state index contributed by atoms with van der Waals surface area (Å²) in [5.41, 5.74) is 7.67. The molecule has 9 heteroatoms. The topological polar surface area (TPSA) is 110 Å². The molecule has 4 rings (SSSR count). The first-order valence-electron chi connectivity index (χ1n) is 10.2. The molecular formula is C22H25N5O3S. The Morgan fingerprint density at radius 2 is 2.16 bits per heavy atom. The van der Waals surface area contributed by atoms with Crippen molar-refractivity contribution in [1.29, 1.82) is 0 Å². The molecule has 162 valence electrons. The number of carbonyl (C=O) groups excluding carboxylic acids is 2. The molecule has 1 fully saturated rings. The molecule has 1 aliphatic heterocycles. The lowest BCUT2D eigenvalue weighted by Crippen LogP contribution is -2.30. The Balaban J connectivity index is 1.61. The van der Waals surface area contributed by atoms with Crippen molar-refractivity contribution in [3.8, 4) is 0 Å². The van der Waals surface area contributed by atoms with Crippen LogP contribution in [0.5, 0.6) is 0 Å². The molecule has 1 aromatic carbocycles. The number of nitrogens with one attached hydrogen (secondary N) is 1. The van der Waals surface area contributed by atoms with Gasteiger partial charge in [0.1, 0.15) is 0 Å². The van der Waals surface area contributed by atoms with E-state index in [4.69, 9.17) is 10.5 Å². The molecule has 0 aliphatic carbocycles. The highest BCUT2D eigenvalue weighted by molar-refractivity contribution is 7.21. The van der Waals surface area contributed by atoms with Gasteiger partial charge >= 0.3 is 0 Å². The summed E-state index contributed by atoms with van der Waals surface area (Å²) in [6.45, 7) is 3.83. The zero-order valence-electron chi connectivity index (χ0n) is 17.6. The van der Waals surface area contributed by atoms with Gasteiger partial charge in [0.25, 0.3) is 11.8 Å². The number of thiophene rings is 1. The summed E-state index contributed by atoms with van der Waals surface area (Å²) in [7, 11) is 1.61. The molecule has 2 amide bonds. The molecule has 0 bridgehead atoms. The van der Waals surface area contributed by atoms with Crippen LogP contribution in [0.25, 0.3) is 10.1 Å². The van der Waals surface area contributed by atoms with E-state index in [-0.39, 0.29) is 23.7 Å². The van der Waals surface area contributed by atoms with Crippen LogP contribution in [0.2, 0.25) is 0 Å². The van der Waals surface area contributed by atoms with E-state index < -0.39 is 0 Å². The summed E-state index contributed by atoms with van der Waals surface area (Å²) in [6.07, 6.45) is 2.28. The number of methoxy groups -OCH3 is 1. The van der Waals surface area contributed by atoms with Gasteiger partial charge in [-0.05, 0) is 30.4 Å². The summed E-state index contributed by atoms with van der Waals surface area (Å²) in [6, 6.07) is 8.04. The molecule has 31 heavy (non-hydrogen) atoms. The minimum atomic E-state index is -0.106. The standard InChI is InChI=1S/C22H25N5O3S/c1-13-16(11-25-22(23)26-13)21(29)27-9-7-14(12-27)18-15-5-3-4-6-17(15)31-19(18)20(28)24-8-10-30-2/h3-6,11,14H,7-10,12H2,1-2H3,(H,24,28)(H2,23,25,26). The third kappa shape index (κ3) is 4.24. The first-order valence-corrected chi connectivity index (χ1v) is 11.0. The Morgan fingerprint density at radius 3 is 2.94 bits per heavy atom. The zero-order chi connectivity index (χ0) is 22.0. The zero-order valence-corrected chi connectivity index (χ0v) is 18.4. The van der Waals surface area contributed by atoms with Crippen molar-refractivity contribution in [2.75, 3.05) is 39.1 Å². The van der Waals surface area contributed by atoms with Gasteiger partial charge in [-0.3, -0.25) is 9.59 Å². The van der Waals surface area contributed by atoms with Crippen LogP contribution in [-0.4, -0.2) is 60.0 Å². The van der Waals surface area contributed by atoms with Crippen LogP contribution < -0.4 is 11.1 Å². The average molecular weight is 440 g/mol. The lowest BCUT2D eigenvalue weighted by atomic mass is 9.95. The highest BCUT2D eigenvalue weighted by atomic mass is 32.1. The highest BCUT2D eigenvalue weighted by Gasteiger charge is 2.33. The molecule has 3 aromatic rings. The summed E-state index contributed by atoms with van der Waals surface area (Å²) in [5, 5.41) is 4.01. The Morgan fingerprint density at radius 1 is 1.35 bits per heavy atom. The first kappa shape index (κ1) is 21.2. The Labute approximate surface area is 184 Å². The van der Waals surface area contributed by atoms with E-state index in [1.807, 2.05) is 23.1 Å². The van der Waals surface area contributed by atoms with Crippen molar-refractivity contribution < 1.29 is 14.3 Å². The number of ether oxygens (including phenoxy) is 1. The number of nitrogens with two attached hydrogens (primary N) is 1. The van der Waals surface area contributed by atoms with E-state index in [1.54, 1.807) is 14.0 Å². The minimum Gasteiger partial charge on any atom is -0.383 e. The number of anilines is 1. The van der Waals surface area contributed by atoms with E-state index in [1.165, 1.54) is 17.5 Å². The molecule has 1 unspecified atom stereocenters. The second-order valence-electron chi connectivity index (χ2n) is 7.55. The van der Waals surface area contributed by atoms with Crippen molar-refractivity contribution >= 4 is 39.2 Å². The fourth-order valence-corrected chi connectivity index (χ4v) is 5.24. The van der Waals surface area contributed by atoms with Gasteiger partial charge in [0.15, 0.2) is 0 Å². The summed E-state index contributed by atoms with van der Waals surface area (Å²) < 4.78 is 6.11. The monoisotopic (exact) mass is 439 g/mol. The van der Waals surface area contributed by atoms with Gasteiger partial charge in [0.05, 0.1) is 22.7 Å². The van der Waals surface area contributed by atoms with E-state index in [0.717, 1.165) is 22.1 Å². The van der Waals surface area contributed by atoms with E-state index in [2.05, 4.69) is 21.4 Å². The van der Waals surface area contributed by atoms with Crippen LogP contribution >= 0.6 is 11.3 Å². The van der Waals surface area contributed by atoms with Gasteiger partial charge in [-0.1, -0.05) is 18.2 Å². The SMILES string of the molecule is COCCNC(=O)c1sc2ccccc2c1C1CCN(C(=O)c2cnc(N)nc2C)C1. The van der Waals surface area contributed by atoms with Crippen molar-refractivity contribution in [2.45, 2.75) is 19.3 Å². The largest absolute Gasteiger partial charge is 0.383 e. The number of carbonyl (C=O) groups is 2.